The van der Waals surface area contributed by atoms with Crippen LogP contribution in [0.2, 0.25) is 5.02 Å². The minimum Gasteiger partial charge on any atom is -0.310 e. The number of carbonyl (C=O) groups excluding carboxylic acids is 1. The molecule has 0 fully saturated rings. The molecule has 0 saturated heterocycles. The fourth-order valence-electron chi connectivity index (χ4n) is 2.67. The quantitative estimate of drug-likeness (QED) is 0.581. The van der Waals surface area contributed by atoms with Crippen LogP contribution in [0, 0.1) is 12.8 Å². The van der Waals surface area contributed by atoms with Crippen LogP contribution in [0.3, 0.4) is 0 Å². The fourth-order valence-corrected chi connectivity index (χ4v) is 3.06. The Kier molecular flexibility index (Phi) is 6.01. The van der Waals surface area contributed by atoms with E-state index in [0.717, 1.165) is 10.2 Å². The largest absolute Gasteiger partial charge is 0.310 e. The predicted molar refractivity (Wildman–Crippen MR) is 116 cm³/mol. The molecule has 144 valence electrons. The number of nitrogens with zero attached hydrogens (tertiary/aromatic N) is 2. The van der Waals surface area contributed by atoms with E-state index in [1.54, 1.807) is 49.7 Å². The first-order valence-electron chi connectivity index (χ1n) is 8.74. The van der Waals surface area contributed by atoms with Gasteiger partial charge >= 0.3 is 0 Å². The standard InChI is InChI=1S/C21H19BrClN3O2/c1-12(2)21(28)24-20-18(14-4-8-16(23)9-5-14)19(27)13(3)25-26(20)17-10-6-15(22)7-11-17/h4-12H,1-3H3,(H,24,28). The number of aryl methyl sites for hydroxylation is 1. The summed E-state index contributed by atoms with van der Waals surface area (Å²) >= 11 is 9.43. The lowest BCUT2D eigenvalue weighted by atomic mass is 10.0. The maximum atomic E-state index is 13.0. The normalized spacial score (nSPS) is 10.9. The monoisotopic (exact) mass is 459 g/mol. The zero-order valence-electron chi connectivity index (χ0n) is 15.7. The van der Waals surface area contributed by atoms with Crippen LogP contribution in [0.15, 0.2) is 57.8 Å². The van der Waals surface area contributed by atoms with Crippen molar-refractivity contribution in [1.29, 1.82) is 0 Å². The van der Waals surface area contributed by atoms with Gasteiger partial charge in [-0.25, -0.2) is 4.68 Å². The molecule has 0 spiro atoms. The number of carbonyl (C=O) groups is 1. The Hall–Kier alpha value is -2.44. The molecule has 0 aliphatic rings. The third-order valence-corrected chi connectivity index (χ3v) is 5.00. The van der Waals surface area contributed by atoms with E-state index in [9.17, 15) is 9.59 Å². The van der Waals surface area contributed by atoms with Gasteiger partial charge in [0, 0.05) is 15.4 Å². The highest BCUT2D eigenvalue weighted by Gasteiger charge is 2.21. The SMILES string of the molecule is Cc1nn(-c2ccc(Br)cc2)c(NC(=O)C(C)C)c(-c2ccc(Cl)cc2)c1=O. The van der Waals surface area contributed by atoms with E-state index in [-0.39, 0.29) is 17.3 Å². The highest BCUT2D eigenvalue weighted by Crippen LogP contribution is 2.29. The van der Waals surface area contributed by atoms with Crippen LogP contribution < -0.4 is 10.7 Å². The Morgan fingerprint density at radius 1 is 1.11 bits per heavy atom. The number of hydrogen-bond acceptors (Lipinski definition) is 3. The van der Waals surface area contributed by atoms with Crippen molar-refractivity contribution < 1.29 is 4.79 Å². The molecule has 0 aliphatic heterocycles. The number of anilines is 1. The van der Waals surface area contributed by atoms with Crippen molar-refractivity contribution in [3.63, 3.8) is 0 Å². The summed E-state index contributed by atoms with van der Waals surface area (Å²) in [5.41, 5.74) is 1.84. The molecular formula is C21H19BrClN3O2. The minimum absolute atomic E-state index is 0.203. The summed E-state index contributed by atoms with van der Waals surface area (Å²) in [6.07, 6.45) is 0. The van der Waals surface area contributed by atoms with Crippen LogP contribution in [0.4, 0.5) is 5.82 Å². The molecule has 7 heteroatoms. The zero-order chi connectivity index (χ0) is 20.4. The lowest BCUT2D eigenvalue weighted by Gasteiger charge is -2.19. The van der Waals surface area contributed by atoms with Crippen molar-refractivity contribution in [2.45, 2.75) is 20.8 Å². The average Bonchev–Trinajstić information content (AvgIpc) is 2.66. The van der Waals surface area contributed by atoms with E-state index in [0.29, 0.717) is 27.7 Å². The smallest absolute Gasteiger partial charge is 0.228 e. The first-order valence-corrected chi connectivity index (χ1v) is 9.91. The van der Waals surface area contributed by atoms with Crippen molar-refractivity contribution in [3.05, 3.63) is 73.9 Å². The molecular weight excluding hydrogens is 442 g/mol. The summed E-state index contributed by atoms with van der Waals surface area (Å²) < 4.78 is 2.51. The van der Waals surface area contributed by atoms with Crippen molar-refractivity contribution in [3.8, 4) is 16.8 Å². The van der Waals surface area contributed by atoms with Crippen LogP contribution in [0.1, 0.15) is 19.5 Å². The van der Waals surface area contributed by atoms with E-state index in [2.05, 4.69) is 26.3 Å². The summed E-state index contributed by atoms with van der Waals surface area (Å²) in [4.78, 5) is 25.5. The molecule has 5 nitrogen and oxygen atoms in total. The number of benzene rings is 2. The van der Waals surface area contributed by atoms with Gasteiger partial charge in [-0.1, -0.05) is 53.5 Å². The molecule has 1 amide bonds. The van der Waals surface area contributed by atoms with Crippen LogP contribution in [0.25, 0.3) is 16.8 Å². The molecule has 0 atom stereocenters. The summed E-state index contributed by atoms with van der Waals surface area (Å²) in [5.74, 6) is -0.127. The number of halogens is 2. The summed E-state index contributed by atoms with van der Waals surface area (Å²) in [6, 6.07) is 14.4. The van der Waals surface area contributed by atoms with Crippen LogP contribution in [-0.4, -0.2) is 15.7 Å². The van der Waals surface area contributed by atoms with Gasteiger partial charge < -0.3 is 5.32 Å². The Balaban J connectivity index is 2.32. The molecule has 28 heavy (non-hydrogen) atoms. The number of rotatable bonds is 4. The fraction of sp³-hybridized carbons (Fsp3) is 0.190. The van der Waals surface area contributed by atoms with Crippen molar-refractivity contribution in [1.82, 2.24) is 9.78 Å². The number of aromatic nitrogens is 2. The Morgan fingerprint density at radius 2 is 1.71 bits per heavy atom. The van der Waals surface area contributed by atoms with Gasteiger partial charge in [0.25, 0.3) is 0 Å². The van der Waals surface area contributed by atoms with Gasteiger partial charge in [-0.05, 0) is 48.9 Å². The molecule has 0 aliphatic carbocycles. The second kappa shape index (κ2) is 8.29. The summed E-state index contributed by atoms with van der Waals surface area (Å²) in [6.45, 7) is 5.24. The average molecular weight is 461 g/mol. The van der Waals surface area contributed by atoms with Gasteiger partial charge in [-0.2, -0.15) is 5.10 Å². The van der Waals surface area contributed by atoms with Crippen molar-refractivity contribution in [2.75, 3.05) is 5.32 Å². The molecule has 1 heterocycles. The van der Waals surface area contributed by atoms with Gasteiger partial charge in [0.15, 0.2) is 0 Å². The third-order valence-electron chi connectivity index (χ3n) is 4.22. The molecule has 0 saturated carbocycles. The second-order valence-electron chi connectivity index (χ2n) is 6.68. The predicted octanol–water partition coefficient (Wildman–Crippen LogP) is 5.22. The highest BCUT2D eigenvalue weighted by molar-refractivity contribution is 9.10. The van der Waals surface area contributed by atoms with Gasteiger partial charge in [0.05, 0.1) is 11.3 Å². The Bertz CT molecular complexity index is 1070. The van der Waals surface area contributed by atoms with E-state index in [4.69, 9.17) is 11.6 Å². The molecule has 3 rings (SSSR count). The molecule has 0 radical (unpaired) electrons. The molecule has 3 aromatic rings. The van der Waals surface area contributed by atoms with Gasteiger partial charge in [0.1, 0.15) is 11.5 Å². The first kappa shape index (κ1) is 20.3. The zero-order valence-corrected chi connectivity index (χ0v) is 18.0. The topological polar surface area (TPSA) is 64.0 Å². The van der Waals surface area contributed by atoms with Crippen LogP contribution in [0.5, 0.6) is 0 Å². The lowest BCUT2D eigenvalue weighted by Crippen LogP contribution is -2.26. The maximum Gasteiger partial charge on any atom is 0.228 e. The molecule has 1 aromatic heterocycles. The number of nitrogens with one attached hydrogen (secondary N) is 1. The van der Waals surface area contributed by atoms with E-state index in [1.807, 2.05) is 24.3 Å². The number of amides is 1. The lowest BCUT2D eigenvalue weighted by molar-refractivity contribution is -0.118. The van der Waals surface area contributed by atoms with E-state index in [1.165, 1.54) is 0 Å². The first-order chi connectivity index (χ1) is 13.3. The van der Waals surface area contributed by atoms with E-state index >= 15 is 0 Å². The third kappa shape index (κ3) is 4.18. The molecule has 2 aromatic carbocycles. The molecule has 0 bridgehead atoms. The van der Waals surface area contributed by atoms with Crippen LogP contribution >= 0.6 is 27.5 Å². The maximum absolute atomic E-state index is 13.0. The summed E-state index contributed by atoms with van der Waals surface area (Å²) in [5, 5.41) is 7.89. The second-order valence-corrected chi connectivity index (χ2v) is 8.03. The molecule has 1 N–H and O–H groups in total. The summed E-state index contributed by atoms with van der Waals surface area (Å²) in [7, 11) is 0. The highest BCUT2D eigenvalue weighted by atomic mass is 79.9. The minimum atomic E-state index is -0.257. The van der Waals surface area contributed by atoms with Crippen molar-refractivity contribution >= 4 is 39.3 Å². The van der Waals surface area contributed by atoms with Crippen molar-refractivity contribution in [2.24, 2.45) is 5.92 Å². The molecule has 0 unspecified atom stereocenters. The van der Waals surface area contributed by atoms with E-state index < -0.39 is 0 Å². The number of hydrogen-bond donors (Lipinski definition) is 1. The van der Waals surface area contributed by atoms with Gasteiger partial charge in [-0.15, -0.1) is 0 Å². The Labute approximate surface area is 176 Å². The van der Waals surface area contributed by atoms with Gasteiger partial charge in [-0.3, -0.25) is 9.59 Å². The van der Waals surface area contributed by atoms with Gasteiger partial charge in [0.2, 0.25) is 11.3 Å². The van der Waals surface area contributed by atoms with Crippen LogP contribution in [-0.2, 0) is 4.79 Å². The Morgan fingerprint density at radius 3 is 2.29 bits per heavy atom.